The Morgan fingerprint density at radius 3 is 2.52 bits per heavy atom. The lowest BCUT2D eigenvalue weighted by atomic mass is 9.54. The first-order chi connectivity index (χ1) is 14.9. The predicted octanol–water partition coefficient (Wildman–Crippen LogP) is 4.88. The molecule has 4 saturated carbocycles. The molecule has 4 aliphatic carbocycles. The molecule has 0 saturated heterocycles. The minimum atomic E-state index is -0.124. The maximum Gasteiger partial charge on any atom is 0.291 e. The van der Waals surface area contributed by atoms with Gasteiger partial charge in [0.15, 0.2) is 0 Å². The summed E-state index contributed by atoms with van der Waals surface area (Å²) in [4.78, 5) is 14.0. The average molecular weight is 450 g/mol. The Balaban J connectivity index is 1.44. The summed E-state index contributed by atoms with van der Waals surface area (Å²) in [6.45, 7) is 7.67. The van der Waals surface area contributed by atoms with Crippen molar-refractivity contribution in [3.8, 4) is 5.88 Å². The fourth-order valence-electron chi connectivity index (χ4n) is 6.13. The van der Waals surface area contributed by atoms with Crippen molar-refractivity contribution >= 4 is 17.7 Å². The first-order valence-corrected chi connectivity index (χ1v) is 13.1. The fraction of sp³-hybridized carbons (Fsp3) is 0.833. The molecule has 174 valence electrons. The van der Waals surface area contributed by atoms with Gasteiger partial charge in [-0.25, -0.2) is 0 Å². The van der Waals surface area contributed by atoms with Crippen LogP contribution in [0, 0.1) is 29.1 Å². The molecule has 1 amide bonds. The quantitative estimate of drug-likeness (QED) is 0.468. The standard InChI is InChI=1S/C24H39N3O3S/c1-4-8-31-21-20(30-27-23(21)29-14-24(2,3)6-5-7-25)22(28)26-19-17-10-15-9-16(12-17)13-18(19)11-15/h15-19H,4-14,25H2,1-3H3,(H,26,28). The van der Waals surface area contributed by atoms with E-state index in [1.165, 1.54) is 32.1 Å². The second kappa shape index (κ2) is 9.74. The fourth-order valence-corrected chi connectivity index (χ4v) is 7.02. The molecule has 1 aromatic rings. The van der Waals surface area contributed by atoms with E-state index < -0.39 is 0 Å². The summed E-state index contributed by atoms with van der Waals surface area (Å²) in [7, 11) is 0. The lowest BCUT2D eigenvalue weighted by Crippen LogP contribution is -2.55. The SMILES string of the molecule is CCCSc1c(OCC(C)(C)CCCN)noc1C(=O)NC1C2CC3CC(C2)CC1C3. The van der Waals surface area contributed by atoms with E-state index in [0.29, 0.717) is 36.6 Å². The molecule has 5 rings (SSSR count). The molecule has 0 aliphatic heterocycles. The molecule has 0 aromatic carbocycles. The predicted molar refractivity (Wildman–Crippen MR) is 123 cm³/mol. The van der Waals surface area contributed by atoms with Crippen LogP contribution in [0.15, 0.2) is 9.42 Å². The first kappa shape index (κ1) is 23.0. The van der Waals surface area contributed by atoms with Crippen molar-refractivity contribution in [3.05, 3.63) is 5.76 Å². The molecule has 1 heterocycles. The summed E-state index contributed by atoms with van der Waals surface area (Å²) in [6.07, 6.45) is 9.47. The normalized spacial score (nSPS) is 29.4. The monoisotopic (exact) mass is 449 g/mol. The van der Waals surface area contributed by atoms with Gasteiger partial charge in [0.05, 0.1) is 6.61 Å². The first-order valence-electron chi connectivity index (χ1n) is 12.2. The van der Waals surface area contributed by atoms with Crippen molar-refractivity contribution in [2.75, 3.05) is 18.9 Å². The van der Waals surface area contributed by atoms with Gasteiger partial charge in [0.2, 0.25) is 5.76 Å². The molecule has 31 heavy (non-hydrogen) atoms. The van der Waals surface area contributed by atoms with Crippen LogP contribution in [0.1, 0.15) is 82.7 Å². The summed E-state index contributed by atoms with van der Waals surface area (Å²) >= 11 is 1.61. The third kappa shape index (κ3) is 5.24. The number of carbonyl (C=O) groups is 1. The Bertz CT molecular complexity index is 735. The summed E-state index contributed by atoms with van der Waals surface area (Å²) in [6, 6.07) is 0.286. The number of carbonyl (C=O) groups excluding carboxylic acids is 1. The zero-order chi connectivity index (χ0) is 22.0. The molecule has 0 unspecified atom stereocenters. The maximum absolute atomic E-state index is 13.2. The van der Waals surface area contributed by atoms with E-state index in [1.54, 1.807) is 11.8 Å². The molecule has 6 nitrogen and oxygen atoms in total. The molecule has 0 radical (unpaired) electrons. The Hall–Kier alpha value is -1.21. The van der Waals surface area contributed by atoms with Crippen molar-refractivity contribution < 1.29 is 14.1 Å². The smallest absolute Gasteiger partial charge is 0.291 e. The topological polar surface area (TPSA) is 90.4 Å². The van der Waals surface area contributed by atoms with Gasteiger partial charge in [0.1, 0.15) is 4.90 Å². The number of hydrogen-bond acceptors (Lipinski definition) is 6. The van der Waals surface area contributed by atoms with Crippen LogP contribution in [-0.2, 0) is 0 Å². The second-order valence-electron chi connectivity index (χ2n) is 10.8. The maximum atomic E-state index is 13.2. The molecule has 3 N–H and O–H groups in total. The van der Waals surface area contributed by atoms with Gasteiger partial charge in [0, 0.05) is 6.04 Å². The molecule has 7 heteroatoms. The van der Waals surface area contributed by atoms with E-state index in [1.807, 2.05) is 0 Å². The largest absolute Gasteiger partial charge is 0.474 e. The number of nitrogens with two attached hydrogens (primary N) is 1. The third-order valence-electron chi connectivity index (χ3n) is 7.46. The van der Waals surface area contributed by atoms with Gasteiger partial charge in [-0.2, -0.15) is 0 Å². The Kier molecular flexibility index (Phi) is 7.21. The van der Waals surface area contributed by atoms with Crippen molar-refractivity contribution in [1.29, 1.82) is 0 Å². The van der Waals surface area contributed by atoms with Gasteiger partial charge in [0.25, 0.3) is 11.8 Å². The van der Waals surface area contributed by atoms with E-state index in [4.69, 9.17) is 15.0 Å². The van der Waals surface area contributed by atoms with Crippen LogP contribution < -0.4 is 15.8 Å². The number of rotatable bonds is 11. The highest BCUT2D eigenvalue weighted by Gasteiger charge is 2.49. The molecule has 1 aromatic heterocycles. The molecule has 4 bridgehead atoms. The van der Waals surface area contributed by atoms with Gasteiger partial charge in [-0.3, -0.25) is 4.79 Å². The number of thioether (sulfide) groups is 1. The van der Waals surface area contributed by atoms with Crippen molar-refractivity contribution in [1.82, 2.24) is 10.5 Å². The van der Waals surface area contributed by atoms with Crippen molar-refractivity contribution in [2.45, 2.75) is 83.1 Å². The Morgan fingerprint density at radius 1 is 1.23 bits per heavy atom. The van der Waals surface area contributed by atoms with E-state index in [9.17, 15) is 4.79 Å². The number of amides is 1. The van der Waals surface area contributed by atoms with Crippen LogP contribution in [0.5, 0.6) is 5.88 Å². The average Bonchev–Trinajstić information content (AvgIpc) is 3.14. The second-order valence-corrected chi connectivity index (χ2v) is 11.9. The van der Waals surface area contributed by atoms with Crippen LogP contribution in [0.4, 0.5) is 0 Å². The zero-order valence-corrected chi connectivity index (χ0v) is 20.1. The Labute approximate surface area is 190 Å². The van der Waals surface area contributed by atoms with Crippen LogP contribution in [-0.4, -0.2) is 36.0 Å². The van der Waals surface area contributed by atoms with Gasteiger partial charge < -0.3 is 20.3 Å². The molecule has 4 fully saturated rings. The minimum absolute atomic E-state index is 0.00613. The number of aromatic nitrogens is 1. The van der Waals surface area contributed by atoms with Gasteiger partial charge in [-0.1, -0.05) is 20.8 Å². The molecular formula is C24H39N3O3S. The molecule has 4 aliphatic rings. The summed E-state index contributed by atoms with van der Waals surface area (Å²) in [5.74, 6) is 4.59. The summed E-state index contributed by atoms with van der Waals surface area (Å²) < 4.78 is 11.6. The van der Waals surface area contributed by atoms with Gasteiger partial charge in [-0.15, -0.1) is 11.8 Å². The van der Waals surface area contributed by atoms with Gasteiger partial charge in [-0.05, 0) is 97.9 Å². The molecule has 0 atom stereocenters. The number of hydrogen-bond donors (Lipinski definition) is 2. The summed E-state index contributed by atoms with van der Waals surface area (Å²) in [5, 5.41) is 7.51. The zero-order valence-electron chi connectivity index (χ0n) is 19.3. The van der Waals surface area contributed by atoms with Gasteiger partial charge >= 0.3 is 0 Å². The third-order valence-corrected chi connectivity index (χ3v) is 8.72. The van der Waals surface area contributed by atoms with Crippen molar-refractivity contribution in [2.24, 2.45) is 34.8 Å². The van der Waals surface area contributed by atoms with E-state index in [2.05, 4.69) is 31.2 Å². The van der Waals surface area contributed by atoms with E-state index >= 15 is 0 Å². The highest BCUT2D eigenvalue weighted by Crippen LogP contribution is 2.53. The highest BCUT2D eigenvalue weighted by atomic mass is 32.2. The van der Waals surface area contributed by atoms with Crippen LogP contribution in [0.2, 0.25) is 0 Å². The highest BCUT2D eigenvalue weighted by molar-refractivity contribution is 7.99. The lowest BCUT2D eigenvalue weighted by Gasteiger charge is -2.54. The van der Waals surface area contributed by atoms with E-state index in [-0.39, 0.29) is 17.4 Å². The lowest BCUT2D eigenvalue weighted by molar-refractivity contribution is -0.0124. The van der Waals surface area contributed by atoms with Crippen LogP contribution >= 0.6 is 11.8 Å². The van der Waals surface area contributed by atoms with Crippen LogP contribution in [0.25, 0.3) is 0 Å². The Morgan fingerprint density at radius 2 is 1.90 bits per heavy atom. The molecule has 0 spiro atoms. The van der Waals surface area contributed by atoms with Crippen LogP contribution in [0.3, 0.4) is 0 Å². The van der Waals surface area contributed by atoms with E-state index in [0.717, 1.165) is 41.7 Å². The number of nitrogens with one attached hydrogen (secondary N) is 1. The minimum Gasteiger partial charge on any atom is -0.474 e. The molecular weight excluding hydrogens is 410 g/mol. The summed E-state index contributed by atoms with van der Waals surface area (Å²) in [5.41, 5.74) is 5.66. The number of ether oxygens (including phenoxy) is 1. The number of nitrogens with zero attached hydrogens (tertiary/aromatic N) is 1. The van der Waals surface area contributed by atoms with Crippen molar-refractivity contribution in [3.63, 3.8) is 0 Å².